The van der Waals surface area contributed by atoms with E-state index >= 15 is 0 Å². The first-order valence-corrected chi connectivity index (χ1v) is 7.41. The Morgan fingerprint density at radius 2 is 1.55 bits per heavy atom. The molecule has 0 radical (unpaired) electrons. The van der Waals surface area contributed by atoms with E-state index in [1.54, 1.807) is 31.2 Å². The number of aryl methyl sites for hydroxylation is 1. The molecule has 0 amide bonds. The second-order valence-corrected chi connectivity index (χ2v) is 5.98. The standard InChI is InChI=1S/C19H18O3/c1-10-8-13(9-11(2)20)12(3)17-16(10)18(21)14-6-4-5-7-15(14)19(17)22/h4-8,11,20H,9H2,1-3H3. The van der Waals surface area contributed by atoms with Crippen LogP contribution in [0.5, 0.6) is 0 Å². The second-order valence-electron chi connectivity index (χ2n) is 5.98. The molecule has 2 aromatic carbocycles. The molecule has 1 atom stereocenters. The van der Waals surface area contributed by atoms with Crippen LogP contribution < -0.4 is 0 Å². The van der Waals surface area contributed by atoms with Crippen molar-refractivity contribution in [2.75, 3.05) is 0 Å². The second kappa shape index (κ2) is 5.18. The predicted molar refractivity (Wildman–Crippen MR) is 84.6 cm³/mol. The normalized spacial score (nSPS) is 14.5. The lowest BCUT2D eigenvalue weighted by Gasteiger charge is -2.23. The van der Waals surface area contributed by atoms with Crippen molar-refractivity contribution < 1.29 is 14.7 Å². The quantitative estimate of drug-likeness (QED) is 0.790. The molecule has 1 aliphatic carbocycles. The van der Waals surface area contributed by atoms with Crippen molar-refractivity contribution in [2.45, 2.75) is 33.3 Å². The SMILES string of the molecule is Cc1cc(CC(C)O)c(C)c2c1C(=O)c1ccccc1C2=O. The Hall–Kier alpha value is -2.26. The number of carbonyl (C=O) groups is 2. The number of fused-ring (bicyclic) bond motifs is 2. The lowest BCUT2D eigenvalue weighted by atomic mass is 9.78. The molecule has 1 N–H and O–H groups in total. The van der Waals surface area contributed by atoms with Crippen LogP contribution in [0, 0.1) is 13.8 Å². The summed E-state index contributed by atoms with van der Waals surface area (Å²) in [7, 11) is 0. The molecule has 0 heterocycles. The molecule has 0 aliphatic heterocycles. The summed E-state index contributed by atoms with van der Waals surface area (Å²) in [5.41, 5.74) is 4.47. The Morgan fingerprint density at radius 3 is 2.09 bits per heavy atom. The van der Waals surface area contributed by atoms with Crippen LogP contribution in [0.4, 0.5) is 0 Å². The third kappa shape index (κ3) is 2.09. The van der Waals surface area contributed by atoms with E-state index in [0.717, 1.165) is 16.7 Å². The minimum Gasteiger partial charge on any atom is -0.393 e. The highest BCUT2D eigenvalue weighted by atomic mass is 16.3. The van der Waals surface area contributed by atoms with Gasteiger partial charge >= 0.3 is 0 Å². The zero-order valence-corrected chi connectivity index (χ0v) is 12.9. The number of benzene rings is 2. The largest absolute Gasteiger partial charge is 0.393 e. The molecule has 1 aliphatic rings. The van der Waals surface area contributed by atoms with Crippen LogP contribution in [0.25, 0.3) is 0 Å². The average Bonchev–Trinajstić information content (AvgIpc) is 2.47. The number of rotatable bonds is 2. The molecule has 0 saturated carbocycles. The van der Waals surface area contributed by atoms with E-state index in [2.05, 4.69) is 0 Å². The van der Waals surface area contributed by atoms with Crippen LogP contribution in [0.2, 0.25) is 0 Å². The van der Waals surface area contributed by atoms with Crippen LogP contribution in [0.1, 0.15) is 55.5 Å². The van der Waals surface area contributed by atoms with Gasteiger partial charge in [0, 0.05) is 22.3 Å². The van der Waals surface area contributed by atoms with Crippen molar-refractivity contribution in [2.24, 2.45) is 0 Å². The Labute approximate surface area is 129 Å². The first kappa shape index (κ1) is 14.7. The topological polar surface area (TPSA) is 54.4 Å². The van der Waals surface area contributed by atoms with Crippen molar-refractivity contribution in [3.8, 4) is 0 Å². The minimum absolute atomic E-state index is 0.0885. The molecule has 1 unspecified atom stereocenters. The zero-order chi connectivity index (χ0) is 16.0. The first-order chi connectivity index (χ1) is 10.4. The molecule has 3 rings (SSSR count). The van der Waals surface area contributed by atoms with E-state index in [1.807, 2.05) is 19.9 Å². The van der Waals surface area contributed by atoms with Crippen molar-refractivity contribution >= 4 is 11.6 Å². The van der Waals surface area contributed by atoms with Gasteiger partial charge in [-0.1, -0.05) is 30.3 Å². The van der Waals surface area contributed by atoms with Crippen LogP contribution in [-0.4, -0.2) is 22.8 Å². The molecule has 2 aromatic rings. The maximum absolute atomic E-state index is 12.8. The van der Waals surface area contributed by atoms with Crippen molar-refractivity contribution in [1.29, 1.82) is 0 Å². The fourth-order valence-corrected chi connectivity index (χ4v) is 3.24. The van der Waals surface area contributed by atoms with E-state index in [9.17, 15) is 14.7 Å². The average molecular weight is 294 g/mol. The molecular weight excluding hydrogens is 276 g/mol. The number of aliphatic hydroxyl groups excluding tert-OH is 1. The molecular formula is C19H18O3. The number of ketones is 2. The molecule has 22 heavy (non-hydrogen) atoms. The van der Waals surface area contributed by atoms with Gasteiger partial charge in [0.1, 0.15) is 0 Å². The Morgan fingerprint density at radius 1 is 1.00 bits per heavy atom. The van der Waals surface area contributed by atoms with Crippen LogP contribution in [-0.2, 0) is 6.42 Å². The molecule has 0 spiro atoms. The highest BCUT2D eigenvalue weighted by Gasteiger charge is 2.32. The van der Waals surface area contributed by atoms with Gasteiger partial charge in [-0.05, 0) is 43.9 Å². The number of carbonyl (C=O) groups excluding carboxylic acids is 2. The highest BCUT2D eigenvalue weighted by Crippen LogP contribution is 2.33. The zero-order valence-electron chi connectivity index (χ0n) is 12.9. The predicted octanol–water partition coefficient (Wildman–Crippen LogP) is 3.00. The van der Waals surface area contributed by atoms with E-state index in [0.29, 0.717) is 28.7 Å². The van der Waals surface area contributed by atoms with Crippen LogP contribution >= 0.6 is 0 Å². The van der Waals surface area contributed by atoms with Crippen molar-refractivity contribution in [1.82, 2.24) is 0 Å². The third-order valence-corrected chi connectivity index (χ3v) is 4.28. The lowest BCUT2D eigenvalue weighted by Crippen LogP contribution is -2.24. The van der Waals surface area contributed by atoms with Gasteiger partial charge in [0.15, 0.2) is 11.6 Å². The van der Waals surface area contributed by atoms with Gasteiger partial charge in [0.25, 0.3) is 0 Å². The molecule has 0 fully saturated rings. The summed E-state index contributed by atoms with van der Waals surface area (Å²) in [6.45, 7) is 5.43. The Balaban J connectivity index is 2.29. The summed E-state index contributed by atoms with van der Waals surface area (Å²) in [4.78, 5) is 25.6. The van der Waals surface area contributed by atoms with Gasteiger partial charge in [0.2, 0.25) is 0 Å². The van der Waals surface area contributed by atoms with Gasteiger partial charge in [0.05, 0.1) is 6.10 Å². The molecule has 0 bridgehead atoms. The van der Waals surface area contributed by atoms with Gasteiger partial charge in [-0.3, -0.25) is 9.59 Å². The van der Waals surface area contributed by atoms with Crippen molar-refractivity contribution in [3.63, 3.8) is 0 Å². The van der Waals surface area contributed by atoms with E-state index < -0.39 is 6.10 Å². The molecule has 112 valence electrons. The summed E-state index contributed by atoms with van der Waals surface area (Å²) in [5, 5.41) is 9.65. The third-order valence-electron chi connectivity index (χ3n) is 4.28. The van der Waals surface area contributed by atoms with Crippen LogP contribution in [0.15, 0.2) is 30.3 Å². The highest BCUT2D eigenvalue weighted by molar-refractivity contribution is 6.29. The number of aliphatic hydroxyl groups is 1. The fourth-order valence-electron chi connectivity index (χ4n) is 3.24. The summed E-state index contributed by atoms with van der Waals surface area (Å²) < 4.78 is 0. The summed E-state index contributed by atoms with van der Waals surface area (Å²) in [5.74, 6) is -0.187. The maximum atomic E-state index is 12.8. The van der Waals surface area contributed by atoms with E-state index in [4.69, 9.17) is 0 Å². The van der Waals surface area contributed by atoms with Gasteiger partial charge in [-0.25, -0.2) is 0 Å². The molecule has 0 aromatic heterocycles. The monoisotopic (exact) mass is 294 g/mol. The fraction of sp³-hybridized carbons (Fsp3) is 0.263. The van der Waals surface area contributed by atoms with Gasteiger partial charge < -0.3 is 5.11 Å². The Kier molecular flexibility index (Phi) is 3.45. The number of hydrogen-bond acceptors (Lipinski definition) is 3. The summed E-state index contributed by atoms with van der Waals surface area (Å²) >= 11 is 0. The Bertz CT molecular complexity index is 801. The van der Waals surface area contributed by atoms with E-state index in [1.165, 1.54) is 0 Å². The van der Waals surface area contributed by atoms with Gasteiger partial charge in [-0.15, -0.1) is 0 Å². The van der Waals surface area contributed by atoms with Crippen molar-refractivity contribution in [3.05, 3.63) is 69.3 Å². The summed E-state index contributed by atoms with van der Waals surface area (Å²) in [6, 6.07) is 8.88. The number of hydrogen-bond donors (Lipinski definition) is 1. The molecule has 0 saturated heterocycles. The smallest absolute Gasteiger partial charge is 0.194 e. The van der Waals surface area contributed by atoms with Crippen LogP contribution in [0.3, 0.4) is 0 Å². The lowest BCUT2D eigenvalue weighted by molar-refractivity contribution is 0.0978. The van der Waals surface area contributed by atoms with Gasteiger partial charge in [-0.2, -0.15) is 0 Å². The molecule has 3 heteroatoms. The minimum atomic E-state index is -0.488. The van der Waals surface area contributed by atoms with E-state index in [-0.39, 0.29) is 11.6 Å². The molecule has 3 nitrogen and oxygen atoms in total. The first-order valence-electron chi connectivity index (χ1n) is 7.41. The summed E-state index contributed by atoms with van der Waals surface area (Å²) in [6.07, 6.45) is -0.0129. The maximum Gasteiger partial charge on any atom is 0.194 e.